The van der Waals surface area contributed by atoms with Crippen LogP contribution in [-0.2, 0) is 5.41 Å². The van der Waals surface area contributed by atoms with Gasteiger partial charge in [-0.05, 0) is 12.0 Å². The Bertz CT molecular complexity index is 366. The van der Waals surface area contributed by atoms with Gasteiger partial charge in [0.1, 0.15) is 0 Å². The molecular weight excluding hydrogens is 168 g/mol. The summed E-state index contributed by atoms with van der Waals surface area (Å²) in [6.07, 6.45) is 7.72. The van der Waals surface area contributed by atoms with E-state index >= 15 is 0 Å². The minimum atomic E-state index is 0.171. The van der Waals surface area contributed by atoms with Gasteiger partial charge in [-0.1, -0.05) is 68.0 Å². The van der Waals surface area contributed by atoms with E-state index in [2.05, 4.69) is 62.4 Å². The predicted molar refractivity (Wildman–Crippen MR) is 61.3 cm³/mol. The van der Waals surface area contributed by atoms with Crippen molar-refractivity contribution in [2.75, 3.05) is 0 Å². The van der Waals surface area contributed by atoms with Crippen LogP contribution in [0.2, 0.25) is 0 Å². The molecule has 0 N–H and O–H groups in total. The van der Waals surface area contributed by atoms with Gasteiger partial charge in [0.15, 0.2) is 0 Å². The summed E-state index contributed by atoms with van der Waals surface area (Å²) in [5.41, 5.74) is 3.07. The Balaban J connectivity index is 2.33. The first kappa shape index (κ1) is 9.26. The summed E-state index contributed by atoms with van der Waals surface area (Å²) in [5.74, 6) is 0. The zero-order valence-electron chi connectivity index (χ0n) is 8.83. The second-order valence-corrected chi connectivity index (χ2v) is 4.32. The molecule has 0 aliphatic heterocycles. The molecule has 72 valence electrons. The first-order chi connectivity index (χ1) is 6.71. The minimum Gasteiger partial charge on any atom is -0.0804 e. The maximum absolute atomic E-state index is 2.29. The molecule has 0 spiro atoms. The van der Waals surface area contributed by atoms with Gasteiger partial charge >= 0.3 is 0 Å². The lowest BCUT2D eigenvalue weighted by Gasteiger charge is -2.27. The third-order valence-electron chi connectivity index (χ3n) is 3.07. The van der Waals surface area contributed by atoms with Crippen molar-refractivity contribution in [1.29, 1.82) is 0 Å². The summed E-state index contributed by atoms with van der Waals surface area (Å²) in [6, 6.07) is 10.7. The van der Waals surface area contributed by atoms with E-state index in [1.54, 1.807) is 0 Å². The summed E-state index contributed by atoms with van der Waals surface area (Å²) in [7, 11) is 0. The Morgan fingerprint density at radius 2 is 1.79 bits per heavy atom. The van der Waals surface area contributed by atoms with Gasteiger partial charge in [-0.15, -0.1) is 0 Å². The maximum atomic E-state index is 2.29. The third kappa shape index (κ3) is 1.52. The van der Waals surface area contributed by atoms with Crippen LogP contribution in [0, 0.1) is 0 Å². The van der Waals surface area contributed by atoms with Crippen LogP contribution >= 0.6 is 0 Å². The van der Waals surface area contributed by atoms with Crippen molar-refractivity contribution < 1.29 is 0 Å². The largest absolute Gasteiger partial charge is 0.0804 e. The number of hydrogen-bond donors (Lipinski definition) is 0. The van der Waals surface area contributed by atoms with E-state index in [1.165, 1.54) is 11.1 Å². The molecule has 1 aromatic carbocycles. The van der Waals surface area contributed by atoms with Crippen molar-refractivity contribution in [3.05, 3.63) is 59.7 Å². The molecule has 0 saturated carbocycles. The van der Waals surface area contributed by atoms with Gasteiger partial charge in [0.25, 0.3) is 0 Å². The lowest BCUT2D eigenvalue weighted by atomic mass is 9.77. The van der Waals surface area contributed by atoms with Gasteiger partial charge < -0.3 is 0 Å². The highest BCUT2D eigenvalue weighted by Crippen LogP contribution is 2.35. The number of benzene rings is 1. The van der Waals surface area contributed by atoms with Crippen LogP contribution in [0.1, 0.15) is 25.8 Å². The highest BCUT2D eigenvalue weighted by Gasteiger charge is 2.25. The van der Waals surface area contributed by atoms with E-state index in [9.17, 15) is 0 Å². The van der Waals surface area contributed by atoms with Crippen molar-refractivity contribution in [2.24, 2.45) is 0 Å². The molecule has 0 radical (unpaired) electrons. The molecule has 0 amide bonds. The average Bonchev–Trinajstić information content (AvgIpc) is 2.72. The Hall–Kier alpha value is -1.30. The number of hydrogen-bond acceptors (Lipinski definition) is 0. The van der Waals surface area contributed by atoms with Crippen LogP contribution in [0.25, 0.3) is 0 Å². The van der Waals surface area contributed by atoms with E-state index in [-0.39, 0.29) is 5.41 Å². The number of rotatable bonds is 2. The van der Waals surface area contributed by atoms with E-state index < -0.39 is 0 Å². The second-order valence-electron chi connectivity index (χ2n) is 4.32. The molecule has 0 unspecified atom stereocenters. The molecule has 1 aliphatic rings. The molecule has 0 heterocycles. The Labute approximate surface area is 86.0 Å². The molecule has 0 saturated heterocycles. The summed E-state index contributed by atoms with van der Waals surface area (Å²) in [4.78, 5) is 0. The number of allylic oxidation sites excluding steroid dienone is 4. The smallest absolute Gasteiger partial charge is 0.0111 e. The predicted octanol–water partition coefficient (Wildman–Crippen LogP) is 3.85. The molecule has 0 heteroatoms. The molecule has 1 aromatic rings. The normalized spacial score (nSPS) is 15.7. The van der Waals surface area contributed by atoms with Gasteiger partial charge in [-0.2, -0.15) is 0 Å². The standard InChI is InChI=1S/C14H16/c1-14(2,13-10-6-7-11-13)12-8-4-3-5-9-12/h3-10H,11H2,1-2H3. The molecule has 0 fully saturated rings. The van der Waals surface area contributed by atoms with Crippen LogP contribution in [0.3, 0.4) is 0 Å². The summed E-state index contributed by atoms with van der Waals surface area (Å²) >= 11 is 0. The van der Waals surface area contributed by atoms with E-state index in [0.717, 1.165) is 6.42 Å². The second kappa shape index (κ2) is 3.45. The van der Waals surface area contributed by atoms with Crippen molar-refractivity contribution in [1.82, 2.24) is 0 Å². The van der Waals surface area contributed by atoms with E-state index in [4.69, 9.17) is 0 Å². The van der Waals surface area contributed by atoms with Crippen LogP contribution in [0.5, 0.6) is 0 Å². The topological polar surface area (TPSA) is 0 Å². The Morgan fingerprint density at radius 1 is 1.07 bits per heavy atom. The maximum Gasteiger partial charge on any atom is 0.0111 e. The van der Waals surface area contributed by atoms with Crippen LogP contribution in [-0.4, -0.2) is 0 Å². The van der Waals surface area contributed by atoms with Crippen molar-refractivity contribution in [3.63, 3.8) is 0 Å². The van der Waals surface area contributed by atoms with Gasteiger partial charge in [-0.25, -0.2) is 0 Å². The Kier molecular flexibility index (Phi) is 2.28. The van der Waals surface area contributed by atoms with Crippen LogP contribution < -0.4 is 0 Å². The minimum absolute atomic E-state index is 0.171. The quantitative estimate of drug-likeness (QED) is 0.655. The Morgan fingerprint density at radius 3 is 2.36 bits per heavy atom. The molecule has 0 nitrogen and oxygen atoms in total. The molecule has 14 heavy (non-hydrogen) atoms. The van der Waals surface area contributed by atoms with Gasteiger partial charge in [0, 0.05) is 5.41 Å². The van der Waals surface area contributed by atoms with Gasteiger partial charge in [-0.3, -0.25) is 0 Å². The first-order valence-electron chi connectivity index (χ1n) is 5.13. The SMILES string of the molecule is CC(C)(C1=CC=CC1)c1ccccc1. The zero-order chi connectivity index (χ0) is 10.0. The van der Waals surface area contributed by atoms with E-state index in [1.807, 2.05) is 0 Å². The summed E-state index contributed by atoms with van der Waals surface area (Å²) < 4.78 is 0. The fraction of sp³-hybridized carbons (Fsp3) is 0.286. The van der Waals surface area contributed by atoms with Gasteiger partial charge in [0.05, 0.1) is 0 Å². The molecule has 0 bridgehead atoms. The molecule has 2 rings (SSSR count). The summed E-state index contributed by atoms with van der Waals surface area (Å²) in [5, 5.41) is 0. The summed E-state index contributed by atoms with van der Waals surface area (Å²) in [6.45, 7) is 4.59. The zero-order valence-corrected chi connectivity index (χ0v) is 8.83. The molecular formula is C14H16. The van der Waals surface area contributed by atoms with Crippen molar-refractivity contribution >= 4 is 0 Å². The molecule has 0 atom stereocenters. The lowest BCUT2D eigenvalue weighted by molar-refractivity contribution is 0.613. The van der Waals surface area contributed by atoms with Crippen molar-refractivity contribution in [2.45, 2.75) is 25.7 Å². The van der Waals surface area contributed by atoms with Crippen LogP contribution in [0.15, 0.2) is 54.1 Å². The van der Waals surface area contributed by atoms with Crippen LogP contribution in [0.4, 0.5) is 0 Å². The molecule has 1 aliphatic carbocycles. The lowest BCUT2D eigenvalue weighted by Crippen LogP contribution is -2.19. The molecule has 0 aromatic heterocycles. The van der Waals surface area contributed by atoms with E-state index in [0.29, 0.717) is 0 Å². The first-order valence-corrected chi connectivity index (χ1v) is 5.13. The average molecular weight is 184 g/mol. The third-order valence-corrected chi connectivity index (χ3v) is 3.07. The fourth-order valence-electron chi connectivity index (χ4n) is 1.95. The highest BCUT2D eigenvalue weighted by molar-refractivity contribution is 5.39. The van der Waals surface area contributed by atoms with Crippen molar-refractivity contribution in [3.8, 4) is 0 Å². The monoisotopic (exact) mass is 184 g/mol. The fourth-order valence-corrected chi connectivity index (χ4v) is 1.95. The highest BCUT2D eigenvalue weighted by atomic mass is 14.3. The van der Waals surface area contributed by atoms with Gasteiger partial charge in [0.2, 0.25) is 0 Å².